The second-order valence-corrected chi connectivity index (χ2v) is 15.3. The zero-order valence-corrected chi connectivity index (χ0v) is 30.3. The van der Waals surface area contributed by atoms with Crippen molar-refractivity contribution < 1.29 is 33.8 Å². The van der Waals surface area contributed by atoms with E-state index < -0.39 is 29.1 Å². The molecule has 1 unspecified atom stereocenters. The smallest absolute Gasteiger partial charge is 0.410 e. The van der Waals surface area contributed by atoms with Gasteiger partial charge in [-0.3, -0.25) is 19.4 Å². The first-order valence-corrected chi connectivity index (χ1v) is 17.6. The van der Waals surface area contributed by atoms with Crippen LogP contribution in [0, 0.1) is 23.7 Å². The SMILES string of the molecule is CC(C)(C)OC(=O)CC(NC(=O)[C@@H]1CCCN(C(=O)CCC2CCN(C(=O)OC(C)(C)C)CC2)C1)c1cncc(C#Cc2cccc(O)c2)c1. The van der Waals surface area contributed by atoms with Gasteiger partial charge in [-0.05, 0) is 109 Å². The van der Waals surface area contributed by atoms with E-state index in [1.807, 2.05) is 20.8 Å². The minimum Gasteiger partial charge on any atom is -0.508 e. The summed E-state index contributed by atoms with van der Waals surface area (Å²) in [4.78, 5) is 60.2. The van der Waals surface area contributed by atoms with Crippen molar-refractivity contribution in [3.05, 3.63) is 59.4 Å². The maximum Gasteiger partial charge on any atom is 0.410 e. The maximum absolute atomic E-state index is 13.7. The number of likely N-dealkylation sites (tertiary alicyclic amines) is 2. The van der Waals surface area contributed by atoms with Gasteiger partial charge in [-0.1, -0.05) is 17.9 Å². The van der Waals surface area contributed by atoms with E-state index in [2.05, 4.69) is 22.1 Å². The third-order valence-corrected chi connectivity index (χ3v) is 8.64. The number of hydrogen-bond acceptors (Lipinski definition) is 8. The standard InChI is InChI=1S/C39H52N4O7/c1-38(2,3)49-35(46)23-33(31-21-29(24-40-25-31)13-12-28-9-7-11-32(44)22-28)41-36(47)30-10-8-18-43(26-30)34(45)15-14-27-16-19-42(20-17-27)37(48)50-39(4,5)6/h7,9,11,21-22,24-25,27,30,33,44H,8,10,14-20,23,26H2,1-6H3,(H,41,47)/t30-,33?/m1/s1. The van der Waals surface area contributed by atoms with Crippen molar-refractivity contribution in [1.82, 2.24) is 20.1 Å². The van der Waals surface area contributed by atoms with Crippen molar-refractivity contribution in [2.75, 3.05) is 26.2 Å². The quantitative estimate of drug-likeness (QED) is 0.265. The van der Waals surface area contributed by atoms with Crippen LogP contribution in [0.25, 0.3) is 0 Å². The average molecular weight is 689 g/mol. The molecule has 0 radical (unpaired) electrons. The molecule has 0 saturated carbocycles. The third-order valence-electron chi connectivity index (χ3n) is 8.64. The Labute approximate surface area is 296 Å². The lowest BCUT2D eigenvalue weighted by molar-refractivity contribution is -0.155. The molecular formula is C39H52N4O7. The average Bonchev–Trinajstić information content (AvgIpc) is 3.05. The zero-order chi connectivity index (χ0) is 36.5. The number of carbonyl (C=O) groups is 4. The normalized spacial score (nSPS) is 17.6. The molecule has 2 aromatic rings. The van der Waals surface area contributed by atoms with Crippen molar-refractivity contribution in [1.29, 1.82) is 0 Å². The van der Waals surface area contributed by atoms with Crippen molar-refractivity contribution in [3.63, 3.8) is 0 Å². The van der Waals surface area contributed by atoms with Gasteiger partial charge < -0.3 is 29.7 Å². The van der Waals surface area contributed by atoms with Gasteiger partial charge in [0.1, 0.15) is 17.0 Å². The summed E-state index contributed by atoms with van der Waals surface area (Å²) >= 11 is 0. The van der Waals surface area contributed by atoms with E-state index in [1.165, 1.54) is 0 Å². The van der Waals surface area contributed by atoms with Gasteiger partial charge in [-0.15, -0.1) is 0 Å². The highest BCUT2D eigenvalue weighted by atomic mass is 16.6. The number of piperidine rings is 2. The van der Waals surface area contributed by atoms with Crippen LogP contribution in [0.3, 0.4) is 0 Å². The number of benzene rings is 1. The molecule has 0 spiro atoms. The fourth-order valence-electron chi connectivity index (χ4n) is 6.17. The van der Waals surface area contributed by atoms with Gasteiger partial charge in [0.15, 0.2) is 0 Å². The first-order valence-electron chi connectivity index (χ1n) is 17.6. The minimum atomic E-state index is -0.718. The molecule has 4 rings (SSSR count). The molecule has 2 saturated heterocycles. The summed E-state index contributed by atoms with van der Waals surface area (Å²) in [5, 5.41) is 12.8. The van der Waals surface area contributed by atoms with Crippen LogP contribution >= 0.6 is 0 Å². The lowest BCUT2D eigenvalue weighted by atomic mass is 9.91. The highest BCUT2D eigenvalue weighted by Gasteiger charge is 2.32. The summed E-state index contributed by atoms with van der Waals surface area (Å²) in [6.07, 6.45) is 6.93. The predicted octanol–water partition coefficient (Wildman–Crippen LogP) is 5.74. The lowest BCUT2D eigenvalue weighted by Gasteiger charge is -2.35. The Hall–Kier alpha value is -4.59. The van der Waals surface area contributed by atoms with E-state index in [-0.39, 0.29) is 30.1 Å². The molecule has 2 atom stereocenters. The highest BCUT2D eigenvalue weighted by Crippen LogP contribution is 2.26. The largest absolute Gasteiger partial charge is 0.508 e. The molecule has 1 aromatic carbocycles. The molecule has 1 aromatic heterocycles. The Morgan fingerprint density at radius 2 is 1.62 bits per heavy atom. The molecule has 3 heterocycles. The molecule has 0 bridgehead atoms. The Morgan fingerprint density at radius 1 is 0.920 bits per heavy atom. The number of hydrogen-bond donors (Lipinski definition) is 2. The molecule has 2 N–H and O–H groups in total. The molecule has 50 heavy (non-hydrogen) atoms. The van der Waals surface area contributed by atoms with Gasteiger partial charge in [-0.2, -0.15) is 0 Å². The van der Waals surface area contributed by atoms with Crippen molar-refractivity contribution in [3.8, 4) is 17.6 Å². The number of phenols is 1. The number of esters is 1. The second-order valence-electron chi connectivity index (χ2n) is 15.3. The number of nitrogens with zero attached hydrogens (tertiary/aromatic N) is 3. The summed E-state index contributed by atoms with van der Waals surface area (Å²) in [5.41, 5.74) is 0.592. The van der Waals surface area contributed by atoms with Gasteiger partial charge in [-0.25, -0.2) is 4.79 Å². The maximum atomic E-state index is 13.7. The number of ether oxygens (including phenoxy) is 2. The van der Waals surface area contributed by atoms with Crippen LogP contribution in [0.5, 0.6) is 5.75 Å². The number of amides is 3. The molecule has 0 aliphatic carbocycles. The predicted molar refractivity (Wildman–Crippen MR) is 189 cm³/mol. The molecule has 11 nitrogen and oxygen atoms in total. The molecule has 2 aliphatic heterocycles. The molecule has 3 amide bonds. The Morgan fingerprint density at radius 3 is 2.30 bits per heavy atom. The van der Waals surface area contributed by atoms with Crippen molar-refractivity contribution in [2.24, 2.45) is 11.8 Å². The zero-order valence-electron chi connectivity index (χ0n) is 30.3. The lowest BCUT2D eigenvalue weighted by Crippen LogP contribution is -2.46. The van der Waals surface area contributed by atoms with Gasteiger partial charge in [0.2, 0.25) is 11.8 Å². The van der Waals surface area contributed by atoms with E-state index >= 15 is 0 Å². The van der Waals surface area contributed by atoms with Crippen molar-refractivity contribution in [2.45, 2.75) is 104 Å². The fraction of sp³-hybridized carbons (Fsp3) is 0.564. The fourth-order valence-corrected chi connectivity index (χ4v) is 6.17. The Balaban J connectivity index is 1.36. The van der Waals surface area contributed by atoms with E-state index in [4.69, 9.17) is 9.47 Å². The molecule has 2 fully saturated rings. The topological polar surface area (TPSA) is 138 Å². The van der Waals surface area contributed by atoms with E-state index in [1.54, 1.807) is 73.3 Å². The van der Waals surface area contributed by atoms with E-state index in [9.17, 15) is 24.3 Å². The van der Waals surface area contributed by atoms with Gasteiger partial charge >= 0.3 is 12.1 Å². The Bertz CT molecular complexity index is 1570. The van der Waals surface area contributed by atoms with Crippen LogP contribution in [0.2, 0.25) is 0 Å². The number of rotatable bonds is 8. The highest BCUT2D eigenvalue weighted by molar-refractivity contribution is 5.82. The Kier molecular flexibility index (Phi) is 12.9. The van der Waals surface area contributed by atoms with Crippen LogP contribution < -0.4 is 5.32 Å². The van der Waals surface area contributed by atoms with Crippen LogP contribution in [0.4, 0.5) is 4.79 Å². The van der Waals surface area contributed by atoms with E-state index in [0.29, 0.717) is 68.0 Å². The van der Waals surface area contributed by atoms with E-state index in [0.717, 1.165) is 19.3 Å². The number of carbonyl (C=O) groups excluding carboxylic acids is 4. The monoisotopic (exact) mass is 688 g/mol. The van der Waals surface area contributed by atoms with Crippen LogP contribution in [-0.2, 0) is 23.9 Å². The number of aromatic nitrogens is 1. The summed E-state index contributed by atoms with van der Waals surface area (Å²) in [5.74, 6) is 5.42. The minimum absolute atomic E-state index is 0.0320. The number of pyridine rings is 1. The summed E-state index contributed by atoms with van der Waals surface area (Å²) in [7, 11) is 0. The summed E-state index contributed by atoms with van der Waals surface area (Å²) < 4.78 is 11.1. The first kappa shape index (κ1) is 38.2. The van der Waals surface area contributed by atoms with Gasteiger partial charge in [0.05, 0.1) is 18.4 Å². The van der Waals surface area contributed by atoms with Crippen LogP contribution in [-0.4, -0.2) is 81.1 Å². The molecule has 270 valence electrons. The first-order chi connectivity index (χ1) is 23.5. The van der Waals surface area contributed by atoms with Crippen LogP contribution in [0.1, 0.15) is 109 Å². The number of nitrogens with one attached hydrogen (secondary N) is 1. The summed E-state index contributed by atoms with van der Waals surface area (Å²) in [6.45, 7) is 13.1. The summed E-state index contributed by atoms with van der Waals surface area (Å²) in [6, 6.07) is 7.69. The van der Waals surface area contributed by atoms with Gasteiger partial charge in [0.25, 0.3) is 0 Å². The van der Waals surface area contributed by atoms with Gasteiger partial charge in [0, 0.05) is 56.1 Å². The second kappa shape index (κ2) is 16.9. The molecule has 11 heteroatoms. The van der Waals surface area contributed by atoms with Crippen LogP contribution in [0.15, 0.2) is 42.7 Å². The number of aromatic hydroxyl groups is 1. The molecule has 2 aliphatic rings. The van der Waals surface area contributed by atoms with Crippen molar-refractivity contribution >= 4 is 23.9 Å². The number of phenolic OH excluding ortho intramolecular Hbond substituents is 1. The molecular weight excluding hydrogens is 636 g/mol. The third kappa shape index (κ3) is 12.4.